The summed E-state index contributed by atoms with van der Waals surface area (Å²) in [5.41, 5.74) is 2.10. The molecule has 3 aromatic rings. The Morgan fingerprint density at radius 3 is 2.45 bits per heavy atom. The van der Waals surface area contributed by atoms with Crippen LogP contribution in [0.1, 0.15) is 0 Å². The van der Waals surface area contributed by atoms with Gasteiger partial charge in [0, 0.05) is 19.7 Å². The van der Waals surface area contributed by atoms with Crippen molar-refractivity contribution in [2.75, 3.05) is 7.11 Å². The van der Waals surface area contributed by atoms with Crippen molar-refractivity contribution in [2.45, 2.75) is 0 Å². The number of benzene rings is 1. The number of hydrogen-bond acceptors (Lipinski definition) is 4. The number of fused-ring (bicyclic) bond motifs is 1. The topological polar surface area (TPSA) is 61.9 Å². The summed E-state index contributed by atoms with van der Waals surface area (Å²) in [6.07, 6.45) is 1.65. The monoisotopic (exact) mass is 270 g/mol. The van der Waals surface area contributed by atoms with E-state index in [1.54, 1.807) is 32.1 Å². The van der Waals surface area contributed by atoms with Crippen LogP contribution in [0.25, 0.3) is 22.2 Å². The molecular weight excluding hydrogens is 256 g/mol. The zero-order valence-electron chi connectivity index (χ0n) is 11.5. The van der Waals surface area contributed by atoms with Gasteiger partial charge in [-0.15, -0.1) is 0 Å². The minimum atomic E-state index is -0.151. The summed E-state index contributed by atoms with van der Waals surface area (Å²) >= 11 is 0. The number of methoxy groups -OCH3 is 1. The SMILES string of the molecule is COc1ccc(-c2nn(C)c3cnn(C)c(=O)c23)cc1. The molecule has 2 aromatic heterocycles. The number of nitrogens with zero attached hydrogens (tertiary/aromatic N) is 4. The fraction of sp³-hybridized carbons (Fsp3) is 0.214. The summed E-state index contributed by atoms with van der Waals surface area (Å²) in [7, 11) is 5.05. The van der Waals surface area contributed by atoms with Gasteiger partial charge >= 0.3 is 0 Å². The molecule has 0 saturated heterocycles. The molecule has 6 nitrogen and oxygen atoms in total. The predicted octanol–water partition coefficient (Wildman–Crippen LogP) is 1.34. The quantitative estimate of drug-likeness (QED) is 0.705. The number of aryl methyl sites for hydroxylation is 2. The molecule has 3 rings (SSSR count). The molecule has 20 heavy (non-hydrogen) atoms. The molecule has 0 atom stereocenters. The molecule has 0 spiro atoms. The summed E-state index contributed by atoms with van der Waals surface area (Å²) in [6, 6.07) is 7.48. The average molecular weight is 270 g/mol. The average Bonchev–Trinajstić information content (AvgIpc) is 2.81. The molecule has 1 aromatic carbocycles. The third kappa shape index (κ3) is 1.77. The van der Waals surface area contributed by atoms with Crippen LogP contribution in [0.3, 0.4) is 0 Å². The Kier molecular flexibility index (Phi) is 2.78. The Hall–Kier alpha value is -2.63. The molecule has 102 valence electrons. The Bertz CT molecular complexity index is 831. The van der Waals surface area contributed by atoms with Crippen molar-refractivity contribution in [1.29, 1.82) is 0 Å². The summed E-state index contributed by atoms with van der Waals surface area (Å²) < 4.78 is 8.13. The van der Waals surface area contributed by atoms with E-state index in [0.717, 1.165) is 16.8 Å². The lowest BCUT2D eigenvalue weighted by Gasteiger charge is -2.01. The van der Waals surface area contributed by atoms with E-state index >= 15 is 0 Å². The maximum Gasteiger partial charge on any atom is 0.278 e. The van der Waals surface area contributed by atoms with Gasteiger partial charge in [0.25, 0.3) is 5.56 Å². The van der Waals surface area contributed by atoms with Crippen LogP contribution in [-0.2, 0) is 14.1 Å². The van der Waals surface area contributed by atoms with E-state index in [1.165, 1.54) is 4.68 Å². The second kappa shape index (κ2) is 4.48. The van der Waals surface area contributed by atoms with Crippen molar-refractivity contribution in [2.24, 2.45) is 14.1 Å². The first-order valence-corrected chi connectivity index (χ1v) is 6.15. The van der Waals surface area contributed by atoms with Crippen LogP contribution in [0.5, 0.6) is 5.75 Å². The minimum absolute atomic E-state index is 0.151. The molecule has 0 radical (unpaired) electrons. The van der Waals surface area contributed by atoms with Crippen molar-refractivity contribution in [3.05, 3.63) is 40.8 Å². The summed E-state index contributed by atoms with van der Waals surface area (Å²) in [4.78, 5) is 12.3. The number of ether oxygens (including phenoxy) is 1. The summed E-state index contributed by atoms with van der Waals surface area (Å²) in [5, 5.41) is 9.04. The van der Waals surface area contributed by atoms with Crippen LogP contribution in [0, 0.1) is 0 Å². The van der Waals surface area contributed by atoms with Crippen molar-refractivity contribution in [3.8, 4) is 17.0 Å². The van der Waals surface area contributed by atoms with Gasteiger partial charge in [0.1, 0.15) is 11.4 Å². The second-order valence-corrected chi connectivity index (χ2v) is 4.53. The predicted molar refractivity (Wildman–Crippen MR) is 75.7 cm³/mol. The molecule has 0 aliphatic carbocycles. The van der Waals surface area contributed by atoms with Crippen LogP contribution in [0.15, 0.2) is 35.3 Å². The first-order valence-electron chi connectivity index (χ1n) is 6.15. The normalized spacial score (nSPS) is 10.9. The first-order chi connectivity index (χ1) is 9.61. The fourth-order valence-corrected chi connectivity index (χ4v) is 2.20. The van der Waals surface area contributed by atoms with Crippen LogP contribution < -0.4 is 10.3 Å². The molecule has 2 heterocycles. The van der Waals surface area contributed by atoms with Gasteiger partial charge in [0.05, 0.1) is 24.2 Å². The smallest absolute Gasteiger partial charge is 0.278 e. The molecule has 0 aliphatic heterocycles. The molecule has 6 heteroatoms. The van der Waals surface area contributed by atoms with Crippen molar-refractivity contribution in [1.82, 2.24) is 19.6 Å². The Morgan fingerprint density at radius 2 is 1.80 bits per heavy atom. The van der Waals surface area contributed by atoms with Crippen molar-refractivity contribution < 1.29 is 4.74 Å². The Balaban J connectivity index is 2.30. The lowest BCUT2D eigenvalue weighted by Crippen LogP contribution is -2.19. The van der Waals surface area contributed by atoms with Gasteiger partial charge in [-0.3, -0.25) is 9.48 Å². The minimum Gasteiger partial charge on any atom is -0.497 e. The first kappa shape index (κ1) is 12.4. The molecule has 0 aliphatic rings. The van der Waals surface area contributed by atoms with Crippen LogP contribution in [0.2, 0.25) is 0 Å². The third-order valence-electron chi connectivity index (χ3n) is 3.32. The number of hydrogen-bond donors (Lipinski definition) is 0. The summed E-state index contributed by atoms with van der Waals surface area (Å²) in [6.45, 7) is 0. The van der Waals surface area contributed by atoms with Gasteiger partial charge in [0.2, 0.25) is 0 Å². The van der Waals surface area contributed by atoms with Gasteiger partial charge in [-0.05, 0) is 24.3 Å². The van der Waals surface area contributed by atoms with Crippen LogP contribution in [-0.4, -0.2) is 26.7 Å². The number of aromatic nitrogens is 4. The van der Waals surface area contributed by atoms with Gasteiger partial charge in [-0.2, -0.15) is 10.2 Å². The molecule has 0 fully saturated rings. The maximum atomic E-state index is 12.3. The Labute approximate surface area is 115 Å². The van der Waals surface area contributed by atoms with E-state index in [4.69, 9.17) is 4.74 Å². The second-order valence-electron chi connectivity index (χ2n) is 4.53. The lowest BCUT2D eigenvalue weighted by atomic mass is 10.1. The fourth-order valence-electron chi connectivity index (χ4n) is 2.20. The Morgan fingerprint density at radius 1 is 1.10 bits per heavy atom. The summed E-state index contributed by atoms with van der Waals surface area (Å²) in [5.74, 6) is 0.767. The van der Waals surface area contributed by atoms with E-state index < -0.39 is 0 Å². The molecule has 0 unspecified atom stereocenters. The zero-order chi connectivity index (χ0) is 14.3. The molecule has 0 saturated carbocycles. The molecule has 0 bridgehead atoms. The third-order valence-corrected chi connectivity index (χ3v) is 3.32. The van der Waals surface area contributed by atoms with E-state index in [0.29, 0.717) is 11.1 Å². The van der Waals surface area contributed by atoms with E-state index in [-0.39, 0.29) is 5.56 Å². The van der Waals surface area contributed by atoms with Crippen LogP contribution >= 0.6 is 0 Å². The standard InChI is InChI=1S/C14H14N4O2/c1-17-11-8-15-18(2)14(19)12(11)13(16-17)9-4-6-10(20-3)7-5-9/h4-8H,1-3H3. The highest BCUT2D eigenvalue weighted by Crippen LogP contribution is 2.26. The molecular formula is C14H14N4O2. The number of rotatable bonds is 2. The van der Waals surface area contributed by atoms with Crippen molar-refractivity contribution >= 4 is 10.9 Å². The van der Waals surface area contributed by atoms with E-state index in [9.17, 15) is 4.79 Å². The van der Waals surface area contributed by atoms with Gasteiger partial charge in [0.15, 0.2) is 0 Å². The molecule has 0 amide bonds. The van der Waals surface area contributed by atoms with Gasteiger partial charge in [-0.25, -0.2) is 4.68 Å². The van der Waals surface area contributed by atoms with Gasteiger partial charge in [-0.1, -0.05) is 0 Å². The lowest BCUT2D eigenvalue weighted by molar-refractivity contribution is 0.415. The van der Waals surface area contributed by atoms with E-state index in [1.807, 2.05) is 24.3 Å². The zero-order valence-corrected chi connectivity index (χ0v) is 11.5. The highest BCUT2D eigenvalue weighted by Gasteiger charge is 2.15. The van der Waals surface area contributed by atoms with Crippen molar-refractivity contribution in [3.63, 3.8) is 0 Å². The van der Waals surface area contributed by atoms with Gasteiger partial charge < -0.3 is 4.74 Å². The highest BCUT2D eigenvalue weighted by atomic mass is 16.5. The largest absolute Gasteiger partial charge is 0.497 e. The van der Waals surface area contributed by atoms with E-state index in [2.05, 4.69) is 10.2 Å². The maximum absolute atomic E-state index is 12.3. The highest BCUT2D eigenvalue weighted by molar-refractivity contribution is 5.92. The molecule has 0 N–H and O–H groups in total. The van der Waals surface area contributed by atoms with Crippen LogP contribution in [0.4, 0.5) is 0 Å².